The van der Waals surface area contributed by atoms with E-state index in [1.54, 1.807) is 0 Å². The van der Waals surface area contributed by atoms with Crippen LogP contribution >= 0.6 is 11.1 Å². The van der Waals surface area contributed by atoms with Crippen LogP contribution in [-0.4, -0.2) is 17.4 Å². The second-order valence-corrected chi connectivity index (χ2v) is 9.49. The fourth-order valence-electron chi connectivity index (χ4n) is 2.75. The van der Waals surface area contributed by atoms with Crippen molar-refractivity contribution in [2.24, 2.45) is 0 Å². The molecule has 0 unspecified atom stereocenters. The van der Waals surface area contributed by atoms with Crippen LogP contribution in [0.15, 0.2) is 91.0 Å². The van der Waals surface area contributed by atoms with E-state index in [0.717, 1.165) is 0 Å². The van der Waals surface area contributed by atoms with Gasteiger partial charge in [-0.1, -0.05) is 91.0 Å². The molecule has 108 valence electrons. The number of rotatable bonds is 5. The van der Waals surface area contributed by atoms with Gasteiger partial charge in [-0.25, -0.2) is 0 Å². The monoisotopic (exact) mass is 338 g/mol. The summed E-state index contributed by atoms with van der Waals surface area (Å²) in [5.74, 6) is 0. The highest BCUT2D eigenvalue weighted by Gasteiger charge is 2.41. The molecule has 0 aromatic heterocycles. The Labute approximate surface area is 139 Å². The maximum atomic E-state index is 6.32. The van der Waals surface area contributed by atoms with Crippen molar-refractivity contribution in [3.8, 4) is 0 Å². The highest BCUT2D eigenvalue weighted by Crippen LogP contribution is 2.09. The molecule has 0 spiro atoms. The molecule has 3 rings (SSSR count). The summed E-state index contributed by atoms with van der Waals surface area (Å²) in [6.07, 6.45) is 0. The molecule has 22 heavy (non-hydrogen) atoms. The third-order valence-corrected chi connectivity index (χ3v) is 9.40. The SMILES string of the molecule is Cl[Si]O[Si](c1ccccc1)(c1ccccc1)c1ccccc1. The molecule has 3 aromatic carbocycles. The summed E-state index contributed by atoms with van der Waals surface area (Å²) in [5, 5.41) is 3.63. The van der Waals surface area contributed by atoms with Crippen molar-refractivity contribution in [1.29, 1.82) is 0 Å². The minimum absolute atomic E-state index is 0.0803. The van der Waals surface area contributed by atoms with Gasteiger partial charge in [0.05, 0.1) is 0 Å². The van der Waals surface area contributed by atoms with Crippen LogP contribution in [0.1, 0.15) is 0 Å². The van der Waals surface area contributed by atoms with E-state index in [-0.39, 0.29) is 9.07 Å². The smallest absolute Gasteiger partial charge is 0.346 e. The second kappa shape index (κ2) is 7.07. The van der Waals surface area contributed by atoms with Gasteiger partial charge in [0.1, 0.15) is 0 Å². The van der Waals surface area contributed by atoms with Gasteiger partial charge in [-0.2, -0.15) is 0 Å². The molecule has 2 radical (unpaired) electrons. The van der Waals surface area contributed by atoms with Gasteiger partial charge >= 0.3 is 9.07 Å². The lowest BCUT2D eigenvalue weighted by Gasteiger charge is -2.32. The van der Waals surface area contributed by atoms with E-state index in [9.17, 15) is 0 Å². The third kappa shape index (κ3) is 2.81. The molecule has 4 heteroatoms. The molecule has 0 amide bonds. The van der Waals surface area contributed by atoms with E-state index >= 15 is 0 Å². The quantitative estimate of drug-likeness (QED) is 0.394. The lowest BCUT2D eigenvalue weighted by molar-refractivity contribution is 0.636. The van der Waals surface area contributed by atoms with Gasteiger partial charge in [-0.3, -0.25) is 0 Å². The molecule has 0 aliphatic carbocycles. The first-order valence-corrected chi connectivity index (χ1v) is 10.9. The zero-order valence-electron chi connectivity index (χ0n) is 11.9. The zero-order chi connectivity index (χ0) is 15.3. The van der Waals surface area contributed by atoms with Crippen molar-refractivity contribution in [1.82, 2.24) is 0 Å². The summed E-state index contributed by atoms with van der Waals surface area (Å²) in [6.45, 7) is 0. The van der Waals surface area contributed by atoms with E-state index in [2.05, 4.69) is 72.8 Å². The number of hydrogen-bond acceptors (Lipinski definition) is 1. The maximum absolute atomic E-state index is 6.32. The highest BCUT2D eigenvalue weighted by atomic mass is 35.6. The van der Waals surface area contributed by atoms with Gasteiger partial charge in [0.25, 0.3) is 8.32 Å². The van der Waals surface area contributed by atoms with E-state index in [1.807, 2.05) is 18.2 Å². The molecule has 3 aromatic rings. The summed E-state index contributed by atoms with van der Waals surface area (Å²) < 4.78 is 6.32. The number of benzene rings is 3. The predicted molar refractivity (Wildman–Crippen MR) is 96.7 cm³/mol. The molecule has 0 aliphatic heterocycles. The first-order valence-electron chi connectivity index (χ1n) is 7.08. The molecule has 0 saturated heterocycles. The Hall–Kier alpha value is -1.66. The van der Waals surface area contributed by atoms with Crippen LogP contribution in [0.25, 0.3) is 0 Å². The number of hydrogen-bond donors (Lipinski definition) is 0. The molecule has 1 nitrogen and oxygen atoms in total. The summed E-state index contributed by atoms with van der Waals surface area (Å²) >= 11 is 6.08. The van der Waals surface area contributed by atoms with E-state index < -0.39 is 8.32 Å². The lowest BCUT2D eigenvalue weighted by Crippen LogP contribution is -2.69. The first-order chi connectivity index (χ1) is 10.9. The summed E-state index contributed by atoms with van der Waals surface area (Å²) in [5.41, 5.74) is 0. The van der Waals surface area contributed by atoms with Gasteiger partial charge in [-0.05, 0) is 15.6 Å². The minimum atomic E-state index is -2.54. The molecule has 0 fully saturated rings. The van der Waals surface area contributed by atoms with E-state index in [0.29, 0.717) is 0 Å². The molecule has 0 aliphatic rings. The van der Waals surface area contributed by atoms with Gasteiger partial charge < -0.3 is 4.12 Å². The van der Waals surface area contributed by atoms with Crippen LogP contribution < -0.4 is 15.6 Å². The molecular weight excluding hydrogens is 324 g/mol. The Morgan fingerprint density at radius 2 is 0.909 bits per heavy atom. The fourth-order valence-corrected chi connectivity index (χ4v) is 8.66. The average molecular weight is 339 g/mol. The van der Waals surface area contributed by atoms with Gasteiger partial charge in [0, 0.05) is 0 Å². The van der Waals surface area contributed by atoms with Crippen LogP contribution in [0.4, 0.5) is 0 Å². The van der Waals surface area contributed by atoms with Crippen molar-refractivity contribution in [2.45, 2.75) is 0 Å². The highest BCUT2D eigenvalue weighted by molar-refractivity contribution is 7.11. The third-order valence-electron chi connectivity index (χ3n) is 3.73. The molecule has 0 bridgehead atoms. The first kappa shape index (κ1) is 15.2. The van der Waals surface area contributed by atoms with Crippen molar-refractivity contribution in [3.63, 3.8) is 0 Å². The van der Waals surface area contributed by atoms with Crippen LogP contribution in [0.3, 0.4) is 0 Å². The standard InChI is InChI=1S/C18H15ClOSi2/c19-21-20-22(16-10-4-1-5-11-16,17-12-6-2-7-13-17)18-14-8-3-9-15-18/h1-15H. The topological polar surface area (TPSA) is 9.23 Å². The molecule has 0 saturated carbocycles. The van der Waals surface area contributed by atoms with Crippen molar-refractivity contribution < 1.29 is 4.12 Å². The summed E-state index contributed by atoms with van der Waals surface area (Å²) in [6, 6.07) is 31.3. The van der Waals surface area contributed by atoms with Gasteiger partial charge in [-0.15, -0.1) is 11.1 Å². The summed E-state index contributed by atoms with van der Waals surface area (Å²) in [7, 11) is -2.62. The Balaban J connectivity index is 2.29. The fraction of sp³-hybridized carbons (Fsp3) is 0. The van der Waals surface area contributed by atoms with Crippen LogP contribution in [0, 0.1) is 0 Å². The average Bonchev–Trinajstić information content (AvgIpc) is 2.62. The van der Waals surface area contributed by atoms with E-state index in [4.69, 9.17) is 15.2 Å². The van der Waals surface area contributed by atoms with Crippen LogP contribution in [-0.2, 0) is 4.12 Å². The Morgan fingerprint density at radius 3 is 1.18 bits per heavy atom. The van der Waals surface area contributed by atoms with Crippen molar-refractivity contribution >= 4 is 44.0 Å². The lowest BCUT2D eigenvalue weighted by atomic mass is 10.3. The summed E-state index contributed by atoms with van der Waals surface area (Å²) in [4.78, 5) is 0. The molecule has 0 heterocycles. The molecule has 0 N–H and O–H groups in total. The van der Waals surface area contributed by atoms with Crippen LogP contribution in [0.2, 0.25) is 0 Å². The van der Waals surface area contributed by atoms with Gasteiger partial charge in [0.15, 0.2) is 0 Å². The zero-order valence-corrected chi connectivity index (χ0v) is 14.7. The number of halogens is 1. The molecular formula is C18H15ClOSi2. The second-order valence-electron chi connectivity index (χ2n) is 4.96. The largest absolute Gasteiger partial charge is 0.434 e. The Morgan fingerprint density at radius 1 is 0.591 bits per heavy atom. The Kier molecular flexibility index (Phi) is 4.90. The normalized spacial score (nSPS) is 11.3. The van der Waals surface area contributed by atoms with Gasteiger partial charge in [0.2, 0.25) is 0 Å². The van der Waals surface area contributed by atoms with Crippen molar-refractivity contribution in [3.05, 3.63) is 91.0 Å². The predicted octanol–water partition coefficient (Wildman–Crippen LogP) is 2.44. The Bertz CT molecular complexity index is 608. The van der Waals surface area contributed by atoms with Crippen molar-refractivity contribution in [2.75, 3.05) is 0 Å². The van der Waals surface area contributed by atoms with Crippen LogP contribution in [0.5, 0.6) is 0 Å². The maximum Gasteiger partial charge on any atom is 0.346 e. The van der Waals surface area contributed by atoms with E-state index in [1.165, 1.54) is 15.6 Å². The molecule has 0 atom stereocenters. The minimum Gasteiger partial charge on any atom is -0.434 e.